The van der Waals surface area contributed by atoms with Gasteiger partial charge in [-0.05, 0) is 30.5 Å². The summed E-state index contributed by atoms with van der Waals surface area (Å²) in [6.07, 6.45) is 4.22. The molecule has 0 aliphatic carbocycles. The Balaban J connectivity index is 2.25. The summed E-state index contributed by atoms with van der Waals surface area (Å²) in [5, 5.41) is 1.03. The van der Waals surface area contributed by atoms with E-state index in [0.29, 0.717) is 11.5 Å². The van der Waals surface area contributed by atoms with Crippen molar-refractivity contribution in [1.82, 2.24) is 9.55 Å². The van der Waals surface area contributed by atoms with Crippen LogP contribution in [0.2, 0.25) is 0 Å². The minimum atomic E-state index is 0.0786. The average Bonchev–Trinajstić information content (AvgIpc) is 2.80. The van der Waals surface area contributed by atoms with E-state index >= 15 is 0 Å². The average molecular weight is 292 g/mol. The number of benzene rings is 1. The van der Waals surface area contributed by atoms with Gasteiger partial charge in [0.1, 0.15) is 0 Å². The smallest absolute Gasteiger partial charge is 0.195 e. The minimum absolute atomic E-state index is 0.0786. The van der Waals surface area contributed by atoms with Gasteiger partial charge in [-0.3, -0.25) is 9.78 Å². The predicted octanol–water partition coefficient (Wildman–Crippen LogP) is 4.00. The molecule has 1 aromatic carbocycles. The van der Waals surface area contributed by atoms with Gasteiger partial charge in [0, 0.05) is 41.6 Å². The molecular formula is C19H20N2O. The molecule has 3 rings (SSSR count). The molecule has 22 heavy (non-hydrogen) atoms. The fraction of sp³-hybridized carbons (Fsp3) is 0.263. The lowest BCUT2D eigenvalue weighted by Gasteiger charge is -2.10. The summed E-state index contributed by atoms with van der Waals surface area (Å²) in [6.45, 7) is 4.36. The summed E-state index contributed by atoms with van der Waals surface area (Å²) in [6, 6.07) is 11.7. The summed E-state index contributed by atoms with van der Waals surface area (Å²) in [5.41, 5.74) is 3.74. The topological polar surface area (TPSA) is 34.9 Å². The molecule has 0 spiro atoms. The first-order valence-corrected chi connectivity index (χ1v) is 7.60. The van der Waals surface area contributed by atoms with E-state index in [1.807, 2.05) is 25.2 Å². The SMILES string of the molecule is CC(C)Cc1c(C(=O)c2ccncc2)c2ccccc2n1C. The third kappa shape index (κ3) is 2.43. The molecule has 0 amide bonds. The third-order valence-electron chi connectivity index (χ3n) is 4.00. The van der Waals surface area contributed by atoms with Crippen LogP contribution in [-0.4, -0.2) is 15.3 Å². The summed E-state index contributed by atoms with van der Waals surface area (Å²) in [4.78, 5) is 17.0. The Morgan fingerprint density at radius 2 is 1.82 bits per heavy atom. The highest BCUT2D eigenvalue weighted by molar-refractivity contribution is 6.17. The number of fused-ring (bicyclic) bond motifs is 1. The van der Waals surface area contributed by atoms with Gasteiger partial charge in [-0.2, -0.15) is 0 Å². The van der Waals surface area contributed by atoms with Gasteiger partial charge in [-0.1, -0.05) is 32.0 Å². The highest BCUT2D eigenvalue weighted by Gasteiger charge is 2.22. The lowest BCUT2D eigenvalue weighted by molar-refractivity contribution is 0.103. The van der Waals surface area contributed by atoms with Crippen LogP contribution in [0.4, 0.5) is 0 Å². The summed E-state index contributed by atoms with van der Waals surface area (Å²) < 4.78 is 2.16. The fourth-order valence-electron chi connectivity index (χ4n) is 2.97. The highest BCUT2D eigenvalue weighted by Crippen LogP contribution is 2.29. The standard InChI is InChI=1S/C19H20N2O/c1-13(2)12-17-18(19(22)14-8-10-20-11-9-14)15-6-4-5-7-16(15)21(17)3/h4-11,13H,12H2,1-3H3. The number of carbonyl (C=O) groups excluding carboxylic acids is 1. The second-order valence-corrected chi connectivity index (χ2v) is 6.06. The van der Waals surface area contributed by atoms with E-state index in [1.165, 1.54) is 0 Å². The Bertz CT molecular complexity index is 816. The van der Waals surface area contributed by atoms with Crippen molar-refractivity contribution in [2.75, 3.05) is 0 Å². The second-order valence-electron chi connectivity index (χ2n) is 6.06. The molecule has 0 radical (unpaired) electrons. The van der Waals surface area contributed by atoms with Crippen molar-refractivity contribution in [3.05, 3.63) is 65.6 Å². The molecule has 0 unspecified atom stereocenters. The summed E-state index contributed by atoms with van der Waals surface area (Å²) in [7, 11) is 2.05. The molecule has 0 aliphatic heterocycles. The Morgan fingerprint density at radius 3 is 2.50 bits per heavy atom. The van der Waals surface area contributed by atoms with E-state index in [2.05, 4.69) is 29.5 Å². The maximum Gasteiger partial charge on any atom is 0.195 e. The van der Waals surface area contributed by atoms with Gasteiger partial charge in [0.2, 0.25) is 0 Å². The first-order chi connectivity index (χ1) is 10.6. The van der Waals surface area contributed by atoms with Crippen LogP contribution in [0.5, 0.6) is 0 Å². The highest BCUT2D eigenvalue weighted by atomic mass is 16.1. The minimum Gasteiger partial charge on any atom is -0.347 e. The molecule has 0 saturated heterocycles. The number of nitrogens with zero attached hydrogens (tertiary/aromatic N) is 2. The van der Waals surface area contributed by atoms with Crippen LogP contribution < -0.4 is 0 Å². The van der Waals surface area contributed by atoms with Gasteiger partial charge in [-0.25, -0.2) is 0 Å². The predicted molar refractivity (Wildman–Crippen MR) is 89.1 cm³/mol. The molecular weight excluding hydrogens is 272 g/mol. The van der Waals surface area contributed by atoms with E-state index in [9.17, 15) is 4.79 Å². The molecule has 2 aromatic heterocycles. The zero-order chi connectivity index (χ0) is 15.7. The van der Waals surface area contributed by atoms with Crippen LogP contribution in [0, 0.1) is 5.92 Å². The van der Waals surface area contributed by atoms with Crippen LogP contribution in [0.25, 0.3) is 10.9 Å². The van der Waals surface area contributed by atoms with Crippen molar-refractivity contribution in [2.45, 2.75) is 20.3 Å². The summed E-state index contributed by atoms with van der Waals surface area (Å²) >= 11 is 0. The maximum absolute atomic E-state index is 13.0. The first kappa shape index (κ1) is 14.5. The van der Waals surface area contributed by atoms with Crippen LogP contribution >= 0.6 is 0 Å². The molecule has 0 fully saturated rings. The number of aromatic nitrogens is 2. The molecule has 2 heterocycles. The lowest BCUT2D eigenvalue weighted by Crippen LogP contribution is -2.09. The van der Waals surface area contributed by atoms with Gasteiger partial charge in [0.15, 0.2) is 5.78 Å². The lowest BCUT2D eigenvalue weighted by atomic mass is 9.97. The van der Waals surface area contributed by atoms with E-state index < -0.39 is 0 Å². The van der Waals surface area contributed by atoms with Crippen molar-refractivity contribution in [2.24, 2.45) is 13.0 Å². The second kappa shape index (κ2) is 5.76. The number of carbonyl (C=O) groups is 1. The van der Waals surface area contributed by atoms with Gasteiger partial charge < -0.3 is 4.57 Å². The van der Waals surface area contributed by atoms with Crippen molar-refractivity contribution < 1.29 is 4.79 Å². The number of rotatable bonds is 4. The number of pyridine rings is 1. The van der Waals surface area contributed by atoms with Crippen molar-refractivity contribution in [3.8, 4) is 0 Å². The van der Waals surface area contributed by atoms with Gasteiger partial charge in [0.25, 0.3) is 0 Å². The molecule has 0 aliphatic rings. The quantitative estimate of drug-likeness (QED) is 0.681. The van der Waals surface area contributed by atoms with Crippen molar-refractivity contribution in [3.63, 3.8) is 0 Å². The van der Waals surface area contributed by atoms with Crippen LogP contribution in [0.15, 0.2) is 48.8 Å². The Labute approximate surface area is 130 Å². The van der Waals surface area contributed by atoms with Crippen LogP contribution in [0.3, 0.4) is 0 Å². The molecule has 0 bridgehead atoms. The Kier molecular flexibility index (Phi) is 3.80. The normalized spacial score (nSPS) is 11.3. The molecule has 0 saturated carbocycles. The zero-order valence-electron chi connectivity index (χ0n) is 13.2. The molecule has 3 heteroatoms. The number of hydrogen-bond donors (Lipinski definition) is 0. The fourth-order valence-corrected chi connectivity index (χ4v) is 2.97. The van der Waals surface area contributed by atoms with Crippen molar-refractivity contribution in [1.29, 1.82) is 0 Å². The number of hydrogen-bond acceptors (Lipinski definition) is 2. The van der Waals surface area contributed by atoms with E-state index in [1.54, 1.807) is 24.5 Å². The van der Waals surface area contributed by atoms with Crippen LogP contribution in [0.1, 0.15) is 35.5 Å². The van der Waals surface area contributed by atoms with E-state index in [-0.39, 0.29) is 5.78 Å². The zero-order valence-corrected chi connectivity index (χ0v) is 13.2. The molecule has 112 valence electrons. The van der Waals surface area contributed by atoms with Gasteiger partial charge in [-0.15, -0.1) is 0 Å². The number of ketones is 1. The first-order valence-electron chi connectivity index (χ1n) is 7.60. The van der Waals surface area contributed by atoms with Gasteiger partial charge >= 0.3 is 0 Å². The van der Waals surface area contributed by atoms with Gasteiger partial charge in [0.05, 0.1) is 5.56 Å². The van der Waals surface area contributed by atoms with Crippen LogP contribution in [-0.2, 0) is 13.5 Å². The Morgan fingerprint density at radius 1 is 1.14 bits per heavy atom. The Hall–Kier alpha value is -2.42. The number of para-hydroxylation sites is 1. The largest absolute Gasteiger partial charge is 0.347 e. The molecule has 0 N–H and O–H groups in total. The van der Waals surface area contributed by atoms with E-state index in [0.717, 1.165) is 28.6 Å². The van der Waals surface area contributed by atoms with Crippen molar-refractivity contribution >= 4 is 16.7 Å². The monoisotopic (exact) mass is 292 g/mol. The molecule has 3 nitrogen and oxygen atoms in total. The maximum atomic E-state index is 13.0. The van der Waals surface area contributed by atoms with E-state index in [4.69, 9.17) is 0 Å². The number of aryl methyl sites for hydroxylation is 1. The molecule has 3 aromatic rings. The third-order valence-corrected chi connectivity index (χ3v) is 4.00. The molecule has 0 atom stereocenters. The summed E-state index contributed by atoms with van der Waals surface area (Å²) in [5.74, 6) is 0.571.